The molecule has 7 nitrogen and oxygen atoms in total. The Kier molecular flexibility index (Phi) is 7.58. The molecule has 0 radical (unpaired) electrons. The number of ether oxygens (including phenoxy) is 1. The summed E-state index contributed by atoms with van der Waals surface area (Å²) in [7, 11) is -2.90. The van der Waals surface area contributed by atoms with Crippen molar-refractivity contribution in [3.63, 3.8) is 0 Å². The number of thiophene rings is 1. The Bertz CT molecular complexity index is 1600. The van der Waals surface area contributed by atoms with Gasteiger partial charge in [-0.1, -0.05) is 35.6 Å². The summed E-state index contributed by atoms with van der Waals surface area (Å²) in [4.78, 5) is 11.6. The third-order valence-corrected chi connectivity index (χ3v) is 8.69. The lowest BCUT2D eigenvalue weighted by Crippen LogP contribution is -2.40. The molecule has 2 aromatic carbocycles. The molecule has 4 aromatic rings. The first-order valence-electron chi connectivity index (χ1n) is 11.4. The molecule has 2 aromatic heterocycles. The molecule has 0 spiro atoms. The predicted molar refractivity (Wildman–Crippen MR) is 145 cm³/mol. The number of aromatic nitrogens is 2. The van der Waals surface area contributed by atoms with E-state index in [0.29, 0.717) is 41.8 Å². The molecule has 0 bridgehead atoms. The molecule has 3 heterocycles. The fourth-order valence-corrected chi connectivity index (χ4v) is 6.21. The molecule has 1 aliphatic rings. The maximum absolute atomic E-state index is 13.4. The Morgan fingerprint density at radius 2 is 1.97 bits per heavy atom. The number of hydrogen-bond acceptors (Lipinski definition) is 8. The van der Waals surface area contributed by atoms with Crippen LogP contribution in [0.1, 0.15) is 10.4 Å². The van der Waals surface area contributed by atoms with Gasteiger partial charge in [0.1, 0.15) is 24.5 Å². The number of nitrogens with zero attached hydrogens (tertiary/aromatic N) is 3. The molecule has 0 saturated carbocycles. The van der Waals surface area contributed by atoms with Gasteiger partial charge >= 0.3 is 0 Å². The highest BCUT2D eigenvalue weighted by atomic mass is 35.5. The molecule has 0 atom stereocenters. The van der Waals surface area contributed by atoms with E-state index < -0.39 is 9.84 Å². The molecule has 1 saturated heterocycles. The SMILES string of the molecule is O=S1(=O)CCN(CC#Cc2cc3ncnc(Nc4ccc(OCc5cccc(F)c5)c(Cl)c4)c3s2)CC1. The smallest absolute Gasteiger partial charge is 0.152 e. The lowest BCUT2D eigenvalue weighted by atomic mass is 10.2. The van der Waals surface area contributed by atoms with Crippen LogP contribution in [0.25, 0.3) is 10.2 Å². The van der Waals surface area contributed by atoms with E-state index in [4.69, 9.17) is 16.3 Å². The standard InChI is InChI=1S/C26H22ClFN4O3S2/c27-22-14-20(6-7-24(22)35-16-18-3-1-4-19(28)13-18)31-26-25-23(29-17-30-26)15-21(36-25)5-2-8-32-9-11-37(33,34)12-10-32/h1,3-4,6-7,13-15,17H,8-12,16H2,(H,29,30,31). The summed E-state index contributed by atoms with van der Waals surface area (Å²) in [6, 6.07) is 13.5. The van der Waals surface area contributed by atoms with Gasteiger partial charge < -0.3 is 10.1 Å². The van der Waals surface area contributed by atoms with E-state index in [2.05, 4.69) is 27.1 Å². The highest BCUT2D eigenvalue weighted by Gasteiger charge is 2.20. The number of anilines is 2. The first-order valence-corrected chi connectivity index (χ1v) is 14.5. The van der Waals surface area contributed by atoms with E-state index in [1.165, 1.54) is 29.8 Å². The van der Waals surface area contributed by atoms with E-state index in [1.54, 1.807) is 24.3 Å². The van der Waals surface area contributed by atoms with Gasteiger partial charge in [0, 0.05) is 18.8 Å². The van der Waals surface area contributed by atoms with Crippen molar-refractivity contribution in [2.75, 3.05) is 36.5 Å². The molecule has 1 N–H and O–H groups in total. The third-order valence-electron chi connectivity index (χ3n) is 5.74. The second-order valence-electron chi connectivity index (χ2n) is 8.47. The van der Waals surface area contributed by atoms with Gasteiger partial charge in [-0.25, -0.2) is 22.8 Å². The maximum atomic E-state index is 13.4. The zero-order valence-electron chi connectivity index (χ0n) is 19.6. The summed E-state index contributed by atoms with van der Waals surface area (Å²) < 4.78 is 43.1. The van der Waals surface area contributed by atoms with E-state index in [1.807, 2.05) is 17.0 Å². The molecule has 1 fully saturated rings. The number of nitrogens with one attached hydrogen (secondary N) is 1. The Hall–Kier alpha value is -3.23. The molecule has 37 heavy (non-hydrogen) atoms. The summed E-state index contributed by atoms with van der Waals surface area (Å²) in [6.07, 6.45) is 1.49. The quantitative estimate of drug-likeness (QED) is 0.339. The van der Waals surface area contributed by atoms with Crippen molar-refractivity contribution < 1.29 is 17.5 Å². The van der Waals surface area contributed by atoms with Gasteiger partial charge in [-0.15, -0.1) is 11.3 Å². The highest BCUT2D eigenvalue weighted by Crippen LogP contribution is 2.33. The normalized spacial score (nSPS) is 15.2. The lowest BCUT2D eigenvalue weighted by molar-refractivity contribution is 0.306. The summed E-state index contributed by atoms with van der Waals surface area (Å²) >= 11 is 7.91. The van der Waals surface area contributed by atoms with Crippen LogP contribution in [0.3, 0.4) is 0 Å². The molecule has 1 aliphatic heterocycles. The summed E-state index contributed by atoms with van der Waals surface area (Å²) in [5.41, 5.74) is 2.21. The summed E-state index contributed by atoms with van der Waals surface area (Å²) in [5, 5.41) is 3.69. The monoisotopic (exact) mass is 556 g/mol. The maximum Gasteiger partial charge on any atom is 0.152 e. The van der Waals surface area contributed by atoms with Crippen molar-refractivity contribution in [1.82, 2.24) is 14.9 Å². The minimum Gasteiger partial charge on any atom is -0.487 e. The molecular weight excluding hydrogens is 535 g/mol. The van der Waals surface area contributed by atoms with Crippen molar-refractivity contribution in [2.24, 2.45) is 0 Å². The molecule has 5 rings (SSSR count). The van der Waals surface area contributed by atoms with Gasteiger partial charge in [-0.2, -0.15) is 0 Å². The molecule has 190 valence electrons. The van der Waals surface area contributed by atoms with E-state index in [-0.39, 0.29) is 23.9 Å². The van der Waals surface area contributed by atoms with Crippen molar-refractivity contribution in [2.45, 2.75) is 6.61 Å². The van der Waals surface area contributed by atoms with Crippen LogP contribution in [-0.2, 0) is 16.4 Å². The topological polar surface area (TPSA) is 84.4 Å². The van der Waals surface area contributed by atoms with Crippen molar-refractivity contribution in [1.29, 1.82) is 0 Å². The zero-order valence-corrected chi connectivity index (χ0v) is 22.0. The fraction of sp³-hybridized carbons (Fsp3) is 0.231. The lowest BCUT2D eigenvalue weighted by Gasteiger charge is -2.24. The van der Waals surface area contributed by atoms with Crippen LogP contribution in [0.4, 0.5) is 15.9 Å². The van der Waals surface area contributed by atoms with Gasteiger partial charge in [-0.05, 0) is 42.0 Å². The second kappa shape index (κ2) is 11.0. The molecule has 0 amide bonds. The number of hydrogen-bond donors (Lipinski definition) is 1. The van der Waals surface area contributed by atoms with Crippen LogP contribution in [0.5, 0.6) is 5.75 Å². The van der Waals surface area contributed by atoms with Gasteiger partial charge in [0.2, 0.25) is 0 Å². The zero-order chi connectivity index (χ0) is 25.8. The van der Waals surface area contributed by atoms with Gasteiger partial charge in [0.05, 0.1) is 38.2 Å². The first-order chi connectivity index (χ1) is 17.8. The van der Waals surface area contributed by atoms with Crippen molar-refractivity contribution >= 4 is 54.5 Å². The van der Waals surface area contributed by atoms with E-state index >= 15 is 0 Å². The van der Waals surface area contributed by atoms with Crippen LogP contribution in [0, 0.1) is 17.7 Å². The fourth-order valence-electron chi connectivity index (χ4n) is 3.77. The van der Waals surface area contributed by atoms with Crippen LogP contribution in [0.2, 0.25) is 5.02 Å². The van der Waals surface area contributed by atoms with Gasteiger partial charge in [0.25, 0.3) is 0 Å². The van der Waals surface area contributed by atoms with Crippen LogP contribution >= 0.6 is 22.9 Å². The Balaban J connectivity index is 1.25. The minimum atomic E-state index is -2.90. The van der Waals surface area contributed by atoms with Gasteiger partial charge in [0.15, 0.2) is 15.7 Å². The second-order valence-corrected chi connectivity index (χ2v) is 12.2. The number of benzene rings is 2. The molecular formula is C26H22ClFN4O3S2. The predicted octanol–water partition coefficient (Wildman–Crippen LogP) is 4.89. The number of fused-ring (bicyclic) bond motifs is 1. The summed E-state index contributed by atoms with van der Waals surface area (Å²) in [6.45, 7) is 1.75. The number of halogens is 2. The number of sulfone groups is 1. The Morgan fingerprint density at radius 3 is 2.76 bits per heavy atom. The minimum absolute atomic E-state index is 0.187. The molecule has 0 unspecified atom stereocenters. The van der Waals surface area contributed by atoms with Gasteiger partial charge in [-0.3, -0.25) is 4.90 Å². The van der Waals surface area contributed by atoms with Crippen molar-refractivity contribution in [3.8, 4) is 17.6 Å². The Labute approximate surface area is 223 Å². The third kappa shape index (κ3) is 6.56. The van der Waals surface area contributed by atoms with E-state index in [9.17, 15) is 12.8 Å². The largest absolute Gasteiger partial charge is 0.487 e. The Morgan fingerprint density at radius 1 is 1.14 bits per heavy atom. The average molecular weight is 557 g/mol. The average Bonchev–Trinajstić information content (AvgIpc) is 3.29. The summed E-state index contributed by atoms with van der Waals surface area (Å²) in [5.74, 6) is 7.48. The first kappa shape index (κ1) is 25.4. The van der Waals surface area contributed by atoms with Crippen LogP contribution in [0.15, 0.2) is 54.9 Å². The van der Waals surface area contributed by atoms with Crippen LogP contribution < -0.4 is 10.1 Å². The highest BCUT2D eigenvalue weighted by molar-refractivity contribution is 7.91. The number of rotatable bonds is 6. The van der Waals surface area contributed by atoms with Crippen molar-refractivity contribution in [3.05, 3.63) is 76.1 Å². The van der Waals surface area contributed by atoms with E-state index in [0.717, 1.165) is 20.8 Å². The molecule has 11 heteroatoms. The van der Waals surface area contributed by atoms with Crippen LogP contribution in [-0.4, -0.2) is 54.4 Å². The molecule has 0 aliphatic carbocycles.